The van der Waals surface area contributed by atoms with Crippen molar-refractivity contribution in [3.63, 3.8) is 0 Å². The van der Waals surface area contributed by atoms with Gasteiger partial charge in [0.15, 0.2) is 5.84 Å². The summed E-state index contributed by atoms with van der Waals surface area (Å²) in [5.74, 6) is 1.15. The second-order valence-electron chi connectivity index (χ2n) is 8.22. The molecule has 1 unspecified atom stereocenters. The molecule has 3 heterocycles. The van der Waals surface area contributed by atoms with Crippen molar-refractivity contribution in [2.45, 2.75) is 25.8 Å². The third-order valence-corrected chi connectivity index (χ3v) is 6.32. The number of imidazole rings is 1. The molecule has 1 fully saturated rings. The van der Waals surface area contributed by atoms with E-state index in [1.165, 1.54) is 6.07 Å². The first kappa shape index (κ1) is 21.5. The Labute approximate surface area is 196 Å². The van der Waals surface area contributed by atoms with Crippen molar-refractivity contribution in [1.82, 2.24) is 14.5 Å². The molecule has 0 aliphatic carbocycles. The van der Waals surface area contributed by atoms with Crippen molar-refractivity contribution in [3.05, 3.63) is 82.2 Å². The van der Waals surface area contributed by atoms with E-state index in [-0.39, 0.29) is 11.1 Å². The van der Waals surface area contributed by atoms with E-state index in [2.05, 4.69) is 27.2 Å². The molecule has 0 amide bonds. The van der Waals surface area contributed by atoms with Crippen LogP contribution < -0.4 is 4.74 Å². The van der Waals surface area contributed by atoms with E-state index in [4.69, 9.17) is 21.2 Å². The van der Waals surface area contributed by atoms with Crippen LogP contribution in [-0.2, 0) is 4.84 Å². The van der Waals surface area contributed by atoms with Gasteiger partial charge in [-0.3, -0.25) is 0 Å². The molecule has 170 valence electrons. The maximum absolute atomic E-state index is 13.7. The number of oxime groups is 1. The molecule has 6 nitrogen and oxygen atoms in total. The smallest absolute Gasteiger partial charge is 0.172 e. The highest BCUT2D eigenvalue weighted by Gasteiger charge is 2.33. The molecule has 2 aliphatic rings. The quantitative estimate of drug-likeness (QED) is 0.506. The van der Waals surface area contributed by atoms with Crippen LogP contribution in [0.2, 0.25) is 5.02 Å². The lowest BCUT2D eigenvalue weighted by atomic mass is 9.96. The number of nitrogens with zero attached hydrogens (tertiary/aromatic N) is 4. The second-order valence-corrected chi connectivity index (χ2v) is 8.63. The number of hydrogen-bond acceptors (Lipinski definition) is 5. The number of rotatable bonds is 4. The first-order valence-electron chi connectivity index (χ1n) is 10.8. The van der Waals surface area contributed by atoms with Crippen LogP contribution in [0.15, 0.2) is 59.7 Å². The molecule has 1 saturated heterocycles. The van der Waals surface area contributed by atoms with Crippen LogP contribution >= 0.6 is 11.6 Å². The van der Waals surface area contributed by atoms with E-state index in [1.807, 2.05) is 29.8 Å². The number of fused-ring (bicyclic) bond motifs is 1. The van der Waals surface area contributed by atoms with Crippen molar-refractivity contribution >= 4 is 23.5 Å². The standard InChI is InChI=1S/C25H24ClFN4O2/c1-16-13-30(15-28-16)22-8-5-17(11-24(22)32-2)10-19-4-3-9-31-23(14-33-29-25(19)31)18-6-7-21(27)20(26)12-18/h5-8,10-13,15,23H,3-4,9,14H2,1-2H3. The molecule has 5 rings (SSSR count). The molecule has 2 aromatic carbocycles. The van der Waals surface area contributed by atoms with Gasteiger partial charge < -0.3 is 19.0 Å². The first-order chi connectivity index (χ1) is 16.0. The fraction of sp³-hybridized carbons (Fsp3) is 0.280. The van der Waals surface area contributed by atoms with Gasteiger partial charge in [0.2, 0.25) is 0 Å². The zero-order chi connectivity index (χ0) is 22.9. The van der Waals surface area contributed by atoms with Crippen LogP contribution in [0.1, 0.15) is 35.7 Å². The average molecular weight is 467 g/mol. The van der Waals surface area contributed by atoms with Gasteiger partial charge in [0.05, 0.1) is 35.9 Å². The zero-order valence-corrected chi connectivity index (χ0v) is 19.2. The predicted octanol–water partition coefficient (Wildman–Crippen LogP) is 5.55. The van der Waals surface area contributed by atoms with E-state index in [0.29, 0.717) is 6.61 Å². The van der Waals surface area contributed by atoms with Crippen LogP contribution in [0.5, 0.6) is 5.75 Å². The molecular weight excluding hydrogens is 443 g/mol. The van der Waals surface area contributed by atoms with Gasteiger partial charge in [-0.05, 0) is 66.8 Å². The SMILES string of the molecule is COc1cc(C=C2CCCN3C2=NOCC3c2ccc(F)c(Cl)c2)ccc1-n1cnc(C)c1. The van der Waals surface area contributed by atoms with Crippen LogP contribution in [0, 0.1) is 12.7 Å². The lowest BCUT2D eigenvalue weighted by Gasteiger charge is -2.40. The summed E-state index contributed by atoms with van der Waals surface area (Å²) in [4.78, 5) is 12.1. The van der Waals surface area contributed by atoms with E-state index in [0.717, 1.165) is 59.1 Å². The van der Waals surface area contributed by atoms with Gasteiger partial charge in [-0.25, -0.2) is 9.37 Å². The number of halogens is 2. The van der Waals surface area contributed by atoms with Crippen molar-refractivity contribution in [1.29, 1.82) is 0 Å². The number of benzene rings is 2. The lowest BCUT2D eigenvalue weighted by molar-refractivity contribution is 0.0575. The Balaban J connectivity index is 1.45. The Hall–Kier alpha value is -3.32. The summed E-state index contributed by atoms with van der Waals surface area (Å²) in [6, 6.07) is 10.9. The van der Waals surface area contributed by atoms with E-state index in [9.17, 15) is 4.39 Å². The third-order valence-electron chi connectivity index (χ3n) is 6.03. The molecule has 0 bridgehead atoms. The minimum Gasteiger partial charge on any atom is -0.495 e. The fourth-order valence-corrected chi connectivity index (χ4v) is 4.59. The second kappa shape index (κ2) is 8.90. The Bertz CT molecular complexity index is 1250. The molecule has 1 aromatic heterocycles. The number of piperidine rings is 1. The number of ether oxygens (including phenoxy) is 1. The summed E-state index contributed by atoms with van der Waals surface area (Å²) in [6.45, 7) is 3.20. The summed E-state index contributed by atoms with van der Waals surface area (Å²) in [6.07, 6.45) is 7.74. The van der Waals surface area contributed by atoms with E-state index >= 15 is 0 Å². The largest absolute Gasteiger partial charge is 0.495 e. The van der Waals surface area contributed by atoms with Crippen molar-refractivity contribution in [3.8, 4) is 11.4 Å². The molecule has 33 heavy (non-hydrogen) atoms. The topological polar surface area (TPSA) is 51.9 Å². The Kier molecular flexibility index (Phi) is 5.81. The van der Waals surface area contributed by atoms with Gasteiger partial charge in [-0.2, -0.15) is 0 Å². The van der Waals surface area contributed by atoms with Crippen LogP contribution in [0.4, 0.5) is 4.39 Å². The van der Waals surface area contributed by atoms with E-state index in [1.54, 1.807) is 25.6 Å². The van der Waals surface area contributed by atoms with Gasteiger partial charge >= 0.3 is 0 Å². The number of aromatic nitrogens is 2. The summed E-state index contributed by atoms with van der Waals surface area (Å²) in [5.41, 5.74) is 4.89. The van der Waals surface area contributed by atoms with Gasteiger partial charge in [-0.1, -0.05) is 28.9 Å². The lowest BCUT2D eigenvalue weighted by Crippen LogP contribution is -2.44. The molecule has 0 N–H and O–H groups in total. The van der Waals surface area contributed by atoms with Crippen LogP contribution in [0.3, 0.4) is 0 Å². The normalized spacial score (nSPS) is 19.2. The molecule has 2 aliphatic heterocycles. The van der Waals surface area contributed by atoms with Crippen molar-refractivity contribution in [2.24, 2.45) is 5.16 Å². The van der Waals surface area contributed by atoms with Gasteiger partial charge in [0.25, 0.3) is 0 Å². The predicted molar refractivity (Wildman–Crippen MR) is 126 cm³/mol. The van der Waals surface area contributed by atoms with Crippen molar-refractivity contribution < 1.29 is 14.0 Å². The molecule has 8 heteroatoms. The summed E-state index contributed by atoms with van der Waals surface area (Å²) >= 11 is 6.04. The number of hydrogen-bond donors (Lipinski definition) is 0. The van der Waals surface area contributed by atoms with E-state index < -0.39 is 5.82 Å². The molecule has 1 atom stereocenters. The van der Waals surface area contributed by atoms with Gasteiger partial charge in [0, 0.05) is 12.7 Å². The Morgan fingerprint density at radius 3 is 2.88 bits per heavy atom. The third kappa shape index (κ3) is 4.20. The van der Waals surface area contributed by atoms with Gasteiger partial charge in [0.1, 0.15) is 18.2 Å². The Morgan fingerprint density at radius 2 is 2.12 bits per heavy atom. The summed E-state index contributed by atoms with van der Waals surface area (Å²) < 4.78 is 21.3. The molecule has 0 radical (unpaired) electrons. The molecule has 0 spiro atoms. The Morgan fingerprint density at radius 1 is 1.24 bits per heavy atom. The monoisotopic (exact) mass is 466 g/mol. The molecule has 0 saturated carbocycles. The molecular formula is C25H24ClFN4O2. The number of aryl methyl sites for hydroxylation is 1. The maximum atomic E-state index is 13.7. The van der Waals surface area contributed by atoms with Crippen LogP contribution in [0.25, 0.3) is 11.8 Å². The van der Waals surface area contributed by atoms with Gasteiger partial charge in [-0.15, -0.1) is 0 Å². The summed E-state index contributed by atoms with van der Waals surface area (Å²) in [7, 11) is 1.67. The number of methoxy groups -OCH3 is 1. The summed E-state index contributed by atoms with van der Waals surface area (Å²) in [5, 5.41) is 4.49. The number of amidine groups is 1. The average Bonchev–Trinajstić information content (AvgIpc) is 3.26. The highest BCUT2D eigenvalue weighted by atomic mass is 35.5. The van der Waals surface area contributed by atoms with Crippen molar-refractivity contribution in [2.75, 3.05) is 20.3 Å². The van der Waals surface area contributed by atoms with Crippen LogP contribution in [-0.4, -0.2) is 40.5 Å². The highest BCUT2D eigenvalue weighted by molar-refractivity contribution is 6.30. The minimum atomic E-state index is -0.423. The highest BCUT2D eigenvalue weighted by Crippen LogP contribution is 2.34. The first-order valence-corrected chi connectivity index (χ1v) is 11.2. The molecule has 3 aromatic rings. The maximum Gasteiger partial charge on any atom is 0.172 e. The minimum absolute atomic E-state index is 0.0688. The zero-order valence-electron chi connectivity index (χ0n) is 18.5. The fourth-order valence-electron chi connectivity index (χ4n) is 4.40.